The van der Waals surface area contributed by atoms with Crippen LogP contribution < -0.4 is 9.62 Å². The number of sulfonamides is 1. The zero-order valence-corrected chi connectivity index (χ0v) is 22.2. The Morgan fingerprint density at radius 2 is 1.61 bits per heavy atom. The lowest BCUT2D eigenvalue weighted by molar-refractivity contribution is -0.384. The van der Waals surface area contributed by atoms with Gasteiger partial charge in [-0.3, -0.25) is 19.2 Å². The van der Waals surface area contributed by atoms with E-state index in [1.165, 1.54) is 40.7 Å². The minimum absolute atomic E-state index is 0.0620. The number of nitro groups is 1. The number of non-ortho nitro benzene ring substituents is 1. The van der Waals surface area contributed by atoms with Gasteiger partial charge in [-0.15, -0.1) is 0 Å². The van der Waals surface area contributed by atoms with Gasteiger partial charge in [0.15, 0.2) is 0 Å². The van der Waals surface area contributed by atoms with Gasteiger partial charge in [0.1, 0.15) is 0 Å². The molecule has 0 saturated carbocycles. The van der Waals surface area contributed by atoms with E-state index in [1.54, 1.807) is 61.5 Å². The number of nitro benzene ring substituents is 1. The summed E-state index contributed by atoms with van der Waals surface area (Å²) in [6, 6.07) is 23.7. The molecule has 8 nitrogen and oxygen atoms in total. The average Bonchev–Trinajstić information content (AvgIpc) is 2.89. The van der Waals surface area contributed by atoms with Crippen molar-refractivity contribution in [3.05, 3.63) is 128 Å². The molecule has 0 saturated heterocycles. The first-order valence-electron chi connectivity index (χ1n) is 11.6. The summed E-state index contributed by atoms with van der Waals surface area (Å²) in [6.45, 7) is 3.50. The maximum Gasteiger partial charge on any atom is 0.271 e. The molecule has 0 aliphatic heterocycles. The summed E-state index contributed by atoms with van der Waals surface area (Å²) in [6.07, 6.45) is 0. The molecule has 10 heteroatoms. The summed E-state index contributed by atoms with van der Waals surface area (Å²) < 4.78 is 29.0. The number of hydrogen-bond donors (Lipinski definition) is 1. The number of para-hydroxylation sites is 1. The van der Waals surface area contributed by atoms with Crippen molar-refractivity contribution in [3.63, 3.8) is 0 Å². The van der Waals surface area contributed by atoms with Crippen LogP contribution in [0.2, 0.25) is 5.02 Å². The van der Waals surface area contributed by atoms with Crippen molar-refractivity contribution < 1.29 is 18.1 Å². The van der Waals surface area contributed by atoms with Gasteiger partial charge in [-0.2, -0.15) is 0 Å². The van der Waals surface area contributed by atoms with E-state index >= 15 is 0 Å². The van der Waals surface area contributed by atoms with Crippen LogP contribution in [0.5, 0.6) is 0 Å². The van der Waals surface area contributed by atoms with Crippen LogP contribution >= 0.6 is 11.6 Å². The highest BCUT2D eigenvalue weighted by Gasteiger charge is 2.29. The second kappa shape index (κ2) is 11.0. The molecule has 0 aliphatic carbocycles. The first-order chi connectivity index (χ1) is 18.1. The number of nitrogens with one attached hydrogen (secondary N) is 1. The van der Waals surface area contributed by atoms with Crippen LogP contribution in [0.3, 0.4) is 0 Å². The number of carbonyl (C=O) groups excluding carboxylic acids is 1. The van der Waals surface area contributed by atoms with Crippen molar-refractivity contribution in [2.75, 3.05) is 9.62 Å². The van der Waals surface area contributed by atoms with Crippen LogP contribution in [-0.2, 0) is 16.6 Å². The van der Waals surface area contributed by atoms with Crippen molar-refractivity contribution in [1.82, 2.24) is 0 Å². The molecule has 0 fully saturated rings. The molecule has 4 aromatic carbocycles. The molecule has 0 heterocycles. The second-order valence-corrected chi connectivity index (χ2v) is 11.0. The molecule has 0 atom stereocenters. The second-order valence-electron chi connectivity index (χ2n) is 8.68. The number of carbonyl (C=O) groups is 1. The van der Waals surface area contributed by atoms with Crippen LogP contribution in [0.25, 0.3) is 0 Å². The summed E-state index contributed by atoms with van der Waals surface area (Å²) in [5, 5.41) is 14.4. The highest BCUT2D eigenvalue weighted by molar-refractivity contribution is 7.92. The van der Waals surface area contributed by atoms with Gasteiger partial charge in [0.2, 0.25) is 0 Å². The molecule has 4 aromatic rings. The Balaban J connectivity index is 1.80. The van der Waals surface area contributed by atoms with Crippen LogP contribution in [0.15, 0.2) is 95.9 Å². The average molecular weight is 550 g/mol. The van der Waals surface area contributed by atoms with Crippen LogP contribution in [0.1, 0.15) is 27.0 Å². The molecular formula is C28H24ClN3O5S. The highest BCUT2D eigenvalue weighted by Crippen LogP contribution is 2.31. The molecule has 38 heavy (non-hydrogen) atoms. The highest BCUT2D eigenvalue weighted by atomic mass is 35.5. The summed E-state index contributed by atoms with van der Waals surface area (Å²) in [5.74, 6) is -0.607. The zero-order chi connectivity index (χ0) is 27.4. The van der Waals surface area contributed by atoms with Gasteiger partial charge in [-0.1, -0.05) is 59.6 Å². The molecule has 1 amide bonds. The van der Waals surface area contributed by atoms with Crippen molar-refractivity contribution in [1.29, 1.82) is 0 Å². The Morgan fingerprint density at radius 1 is 0.947 bits per heavy atom. The number of benzene rings is 4. The monoisotopic (exact) mass is 549 g/mol. The lowest BCUT2D eigenvalue weighted by Crippen LogP contribution is -2.32. The van der Waals surface area contributed by atoms with Gasteiger partial charge in [0.05, 0.1) is 33.3 Å². The number of amides is 1. The largest absolute Gasteiger partial charge is 0.321 e. The number of rotatable bonds is 8. The Kier molecular flexibility index (Phi) is 7.80. The molecule has 0 aromatic heterocycles. The fraction of sp³-hybridized carbons (Fsp3) is 0.107. The number of aryl methyl sites for hydroxylation is 2. The summed E-state index contributed by atoms with van der Waals surface area (Å²) in [7, 11) is -4.10. The molecule has 4 rings (SSSR count). The SMILES string of the molecule is Cc1ccc(S(=O)(=O)N(Cc2ccc(Cl)cc2)c2ccccc2C(=O)Nc2cc([N+](=O)[O-])ccc2C)cc1. The summed E-state index contributed by atoms with van der Waals surface area (Å²) >= 11 is 6.03. The van der Waals surface area contributed by atoms with Crippen LogP contribution in [0.4, 0.5) is 17.1 Å². The maximum atomic E-state index is 13.9. The minimum Gasteiger partial charge on any atom is -0.321 e. The fourth-order valence-electron chi connectivity index (χ4n) is 3.82. The number of anilines is 2. The zero-order valence-electron chi connectivity index (χ0n) is 20.6. The lowest BCUT2D eigenvalue weighted by Gasteiger charge is -2.27. The smallest absolute Gasteiger partial charge is 0.271 e. The van der Waals surface area contributed by atoms with E-state index in [-0.39, 0.29) is 34.1 Å². The Hall–Kier alpha value is -4.21. The standard InChI is InChI=1S/C28H24ClN3O5S/c1-19-7-15-24(16-8-19)38(36,37)31(18-21-10-12-22(29)13-11-21)27-6-4-3-5-25(27)28(33)30-26-17-23(32(34)35)14-9-20(26)2/h3-17H,18H2,1-2H3,(H,30,33). The topological polar surface area (TPSA) is 110 Å². The lowest BCUT2D eigenvalue weighted by atomic mass is 10.1. The number of hydrogen-bond acceptors (Lipinski definition) is 5. The van der Waals surface area contributed by atoms with E-state index in [2.05, 4.69) is 5.32 Å². The Bertz CT molecular complexity index is 1600. The third kappa shape index (κ3) is 5.85. The predicted molar refractivity (Wildman–Crippen MR) is 148 cm³/mol. The van der Waals surface area contributed by atoms with Gasteiger partial charge >= 0.3 is 0 Å². The van der Waals surface area contributed by atoms with Gasteiger partial charge in [0.25, 0.3) is 21.6 Å². The van der Waals surface area contributed by atoms with E-state index in [9.17, 15) is 23.3 Å². The molecule has 0 bridgehead atoms. The van der Waals surface area contributed by atoms with E-state index in [0.29, 0.717) is 16.1 Å². The van der Waals surface area contributed by atoms with E-state index < -0.39 is 20.9 Å². The van der Waals surface area contributed by atoms with Crippen molar-refractivity contribution >= 4 is 44.6 Å². The van der Waals surface area contributed by atoms with Crippen LogP contribution in [0, 0.1) is 24.0 Å². The van der Waals surface area contributed by atoms with Gasteiger partial charge < -0.3 is 5.32 Å². The molecule has 0 radical (unpaired) electrons. The predicted octanol–water partition coefficient (Wildman–Crippen LogP) is 6.51. The molecular weight excluding hydrogens is 526 g/mol. The molecule has 0 unspecified atom stereocenters. The summed E-state index contributed by atoms with van der Waals surface area (Å²) in [4.78, 5) is 24.2. The Labute approximate surface area is 225 Å². The number of nitrogens with zero attached hydrogens (tertiary/aromatic N) is 2. The normalized spacial score (nSPS) is 11.1. The third-order valence-electron chi connectivity index (χ3n) is 5.95. The van der Waals surface area contributed by atoms with Gasteiger partial charge in [-0.25, -0.2) is 8.42 Å². The molecule has 0 spiro atoms. The molecule has 1 N–H and O–H groups in total. The van der Waals surface area contributed by atoms with E-state index in [1.807, 2.05) is 6.92 Å². The van der Waals surface area contributed by atoms with E-state index in [0.717, 1.165) is 5.56 Å². The van der Waals surface area contributed by atoms with Gasteiger partial charge in [-0.05, 0) is 61.4 Å². The summed E-state index contributed by atoms with van der Waals surface area (Å²) in [5.41, 5.74) is 2.50. The number of halogens is 1. The van der Waals surface area contributed by atoms with Crippen LogP contribution in [-0.4, -0.2) is 19.2 Å². The third-order valence-corrected chi connectivity index (χ3v) is 7.97. The molecule has 194 valence electrons. The van der Waals surface area contributed by atoms with Crippen molar-refractivity contribution in [2.24, 2.45) is 0 Å². The van der Waals surface area contributed by atoms with Crippen molar-refractivity contribution in [3.8, 4) is 0 Å². The first-order valence-corrected chi connectivity index (χ1v) is 13.4. The van der Waals surface area contributed by atoms with Gasteiger partial charge in [0, 0.05) is 17.2 Å². The molecule has 0 aliphatic rings. The fourth-order valence-corrected chi connectivity index (χ4v) is 5.42. The van der Waals surface area contributed by atoms with Crippen molar-refractivity contribution in [2.45, 2.75) is 25.3 Å². The first kappa shape index (κ1) is 26.8. The van der Waals surface area contributed by atoms with E-state index in [4.69, 9.17) is 11.6 Å². The quantitative estimate of drug-likeness (QED) is 0.199. The maximum absolute atomic E-state index is 13.9. The minimum atomic E-state index is -4.10. The Morgan fingerprint density at radius 3 is 2.26 bits per heavy atom.